The molecule has 1 heterocycles. The molecule has 2 aromatic rings. The standard InChI is InChI=1S/C15H16BrFN2O/c1-10(14-7-12(17)4-6-15(14)20-2)18-9-13-5-3-11(16)8-19-13/h3-8,10,18H,9H2,1-2H3. The normalized spacial score (nSPS) is 12.2. The Bertz CT molecular complexity index is 575. The van der Waals surface area contributed by atoms with Gasteiger partial charge in [-0.15, -0.1) is 0 Å². The molecule has 3 nitrogen and oxygen atoms in total. The van der Waals surface area contributed by atoms with Crippen LogP contribution in [0.1, 0.15) is 24.2 Å². The van der Waals surface area contributed by atoms with Crippen molar-refractivity contribution in [3.05, 3.63) is 58.1 Å². The first kappa shape index (κ1) is 14.9. The molecule has 1 aromatic heterocycles. The molecule has 0 saturated heterocycles. The second-order valence-corrected chi connectivity index (χ2v) is 5.37. The molecule has 1 unspecified atom stereocenters. The maximum absolute atomic E-state index is 13.4. The lowest BCUT2D eigenvalue weighted by molar-refractivity contribution is 0.399. The molecular weight excluding hydrogens is 323 g/mol. The number of rotatable bonds is 5. The van der Waals surface area contributed by atoms with E-state index < -0.39 is 0 Å². The van der Waals surface area contributed by atoms with Gasteiger partial charge in [0.1, 0.15) is 11.6 Å². The Labute approximate surface area is 126 Å². The maximum atomic E-state index is 13.4. The van der Waals surface area contributed by atoms with E-state index in [2.05, 4.69) is 26.2 Å². The Morgan fingerprint density at radius 1 is 1.35 bits per heavy atom. The van der Waals surface area contributed by atoms with Gasteiger partial charge in [-0.1, -0.05) is 0 Å². The lowest BCUT2D eigenvalue weighted by atomic mass is 10.1. The summed E-state index contributed by atoms with van der Waals surface area (Å²) in [6.45, 7) is 2.57. The third-order valence-corrected chi connectivity index (χ3v) is 3.51. The van der Waals surface area contributed by atoms with E-state index in [1.807, 2.05) is 19.1 Å². The quantitative estimate of drug-likeness (QED) is 0.899. The number of halogens is 2. The molecule has 0 fully saturated rings. The van der Waals surface area contributed by atoms with E-state index in [4.69, 9.17) is 4.74 Å². The van der Waals surface area contributed by atoms with E-state index in [1.54, 1.807) is 19.4 Å². The zero-order valence-electron chi connectivity index (χ0n) is 11.4. The number of ether oxygens (including phenoxy) is 1. The molecule has 1 N–H and O–H groups in total. The highest BCUT2D eigenvalue weighted by atomic mass is 79.9. The number of aromatic nitrogens is 1. The van der Waals surface area contributed by atoms with E-state index in [-0.39, 0.29) is 11.9 Å². The number of benzene rings is 1. The molecule has 1 atom stereocenters. The number of pyridine rings is 1. The minimum absolute atomic E-state index is 0.0360. The number of hydrogen-bond donors (Lipinski definition) is 1. The van der Waals surface area contributed by atoms with Crippen molar-refractivity contribution in [3.63, 3.8) is 0 Å². The van der Waals surface area contributed by atoms with E-state index >= 15 is 0 Å². The molecule has 106 valence electrons. The van der Waals surface area contributed by atoms with Gasteiger partial charge in [0.05, 0.1) is 12.8 Å². The van der Waals surface area contributed by atoms with Crippen molar-refractivity contribution in [1.82, 2.24) is 10.3 Å². The molecule has 0 saturated carbocycles. The zero-order valence-corrected chi connectivity index (χ0v) is 12.9. The Kier molecular flexibility index (Phi) is 5.09. The summed E-state index contributed by atoms with van der Waals surface area (Å²) in [6.07, 6.45) is 1.75. The van der Waals surface area contributed by atoms with E-state index in [0.717, 1.165) is 15.7 Å². The van der Waals surface area contributed by atoms with Crippen LogP contribution in [-0.4, -0.2) is 12.1 Å². The summed E-state index contributed by atoms with van der Waals surface area (Å²) >= 11 is 3.35. The summed E-state index contributed by atoms with van der Waals surface area (Å²) in [5, 5.41) is 3.31. The van der Waals surface area contributed by atoms with Crippen LogP contribution in [0.5, 0.6) is 5.75 Å². The smallest absolute Gasteiger partial charge is 0.123 e. The van der Waals surface area contributed by atoms with Gasteiger partial charge in [0, 0.05) is 28.8 Å². The minimum Gasteiger partial charge on any atom is -0.496 e. The van der Waals surface area contributed by atoms with Gasteiger partial charge in [-0.25, -0.2) is 4.39 Å². The molecule has 0 spiro atoms. The molecule has 1 aromatic carbocycles. The third-order valence-electron chi connectivity index (χ3n) is 3.04. The Hall–Kier alpha value is -1.46. The molecule has 2 rings (SSSR count). The monoisotopic (exact) mass is 338 g/mol. The fourth-order valence-electron chi connectivity index (χ4n) is 1.92. The van der Waals surface area contributed by atoms with Gasteiger partial charge in [0.25, 0.3) is 0 Å². The van der Waals surface area contributed by atoms with Crippen LogP contribution in [-0.2, 0) is 6.54 Å². The van der Waals surface area contributed by atoms with Crippen molar-refractivity contribution in [2.45, 2.75) is 19.5 Å². The van der Waals surface area contributed by atoms with Gasteiger partial charge in [-0.2, -0.15) is 0 Å². The summed E-state index contributed by atoms with van der Waals surface area (Å²) in [5.74, 6) is 0.409. The van der Waals surface area contributed by atoms with Gasteiger partial charge in [0.15, 0.2) is 0 Å². The summed E-state index contributed by atoms with van der Waals surface area (Å²) < 4.78 is 19.6. The van der Waals surface area contributed by atoms with Crippen molar-refractivity contribution >= 4 is 15.9 Å². The molecule has 0 aliphatic heterocycles. The van der Waals surface area contributed by atoms with Crippen LogP contribution in [0.4, 0.5) is 4.39 Å². The number of nitrogens with one attached hydrogen (secondary N) is 1. The predicted molar refractivity (Wildman–Crippen MR) is 80.1 cm³/mol. The van der Waals surface area contributed by atoms with Crippen molar-refractivity contribution in [2.75, 3.05) is 7.11 Å². The topological polar surface area (TPSA) is 34.1 Å². The first-order valence-corrected chi connectivity index (χ1v) is 7.06. The van der Waals surface area contributed by atoms with Crippen molar-refractivity contribution in [3.8, 4) is 5.75 Å². The molecule has 0 aliphatic carbocycles. The lowest BCUT2D eigenvalue weighted by Gasteiger charge is -2.17. The molecule has 0 aliphatic rings. The summed E-state index contributed by atoms with van der Waals surface area (Å²) in [5.41, 5.74) is 1.72. The number of nitrogens with zero attached hydrogens (tertiary/aromatic N) is 1. The number of hydrogen-bond acceptors (Lipinski definition) is 3. The SMILES string of the molecule is COc1ccc(F)cc1C(C)NCc1ccc(Br)cn1. The minimum atomic E-state index is -0.267. The Morgan fingerprint density at radius 3 is 2.80 bits per heavy atom. The first-order chi connectivity index (χ1) is 9.60. The fraction of sp³-hybridized carbons (Fsp3) is 0.267. The molecule has 0 amide bonds. The average Bonchev–Trinajstić information content (AvgIpc) is 2.46. The predicted octanol–water partition coefficient (Wildman–Crippen LogP) is 3.84. The van der Waals surface area contributed by atoms with Crippen LogP contribution in [0.2, 0.25) is 0 Å². The maximum Gasteiger partial charge on any atom is 0.123 e. The van der Waals surface area contributed by atoms with Crippen molar-refractivity contribution < 1.29 is 9.13 Å². The van der Waals surface area contributed by atoms with Crippen LogP contribution >= 0.6 is 15.9 Å². The van der Waals surface area contributed by atoms with Gasteiger partial charge < -0.3 is 10.1 Å². The first-order valence-electron chi connectivity index (χ1n) is 6.27. The zero-order chi connectivity index (χ0) is 14.5. The van der Waals surface area contributed by atoms with Crippen molar-refractivity contribution in [1.29, 1.82) is 0 Å². The average molecular weight is 339 g/mol. The highest BCUT2D eigenvalue weighted by molar-refractivity contribution is 9.10. The fourth-order valence-corrected chi connectivity index (χ4v) is 2.16. The largest absolute Gasteiger partial charge is 0.496 e. The van der Waals surface area contributed by atoms with Gasteiger partial charge in [-0.05, 0) is 53.2 Å². The molecule has 5 heteroatoms. The third kappa shape index (κ3) is 3.77. The van der Waals surface area contributed by atoms with Crippen LogP contribution in [0, 0.1) is 5.82 Å². The van der Waals surface area contributed by atoms with Crippen LogP contribution < -0.4 is 10.1 Å². The second kappa shape index (κ2) is 6.81. The van der Waals surface area contributed by atoms with Crippen LogP contribution in [0.25, 0.3) is 0 Å². The summed E-state index contributed by atoms with van der Waals surface area (Å²) in [7, 11) is 1.58. The summed E-state index contributed by atoms with van der Waals surface area (Å²) in [6, 6.07) is 8.37. The summed E-state index contributed by atoms with van der Waals surface area (Å²) in [4.78, 5) is 4.29. The second-order valence-electron chi connectivity index (χ2n) is 4.46. The molecule has 20 heavy (non-hydrogen) atoms. The Morgan fingerprint density at radius 2 is 2.15 bits per heavy atom. The molecule has 0 radical (unpaired) electrons. The van der Waals surface area contributed by atoms with Crippen molar-refractivity contribution in [2.24, 2.45) is 0 Å². The number of methoxy groups -OCH3 is 1. The lowest BCUT2D eigenvalue weighted by Crippen LogP contribution is -2.19. The van der Waals surface area contributed by atoms with E-state index in [1.165, 1.54) is 12.1 Å². The molecule has 0 bridgehead atoms. The van der Waals surface area contributed by atoms with Gasteiger partial charge in [0.2, 0.25) is 0 Å². The van der Waals surface area contributed by atoms with Crippen LogP contribution in [0.15, 0.2) is 41.0 Å². The molecular formula is C15H16BrFN2O. The highest BCUT2D eigenvalue weighted by Crippen LogP contribution is 2.25. The Balaban J connectivity index is 2.06. The van der Waals surface area contributed by atoms with Gasteiger partial charge >= 0.3 is 0 Å². The van der Waals surface area contributed by atoms with E-state index in [0.29, 0.717) is 12.3 Å². The highest BCUT2D eigenvalue weighted by Gasteiger charge is 2.12. The van der Waals surface area contributed by atoms with E-state index in [9.17, 15) is 4.39 Å². The van der Waals surface area contributed by atoms with Crippen LogP contribution in [0.3, 0.4) is 0 Å². The van der Waals surface area contributed by atoms with Gasteiger partial charge in [-0.3, -0.25) is 4.98 Å².